The summed E-state index contributed by atoms with van der Waals surface area (Å²) in [5.74, 6) is 1.86. The summed E-state index contributed by atoms with van der Waals surface area (Å²) in [6.45, 7) is 1.46. The highest BCUT2D eigenvalue weighted by Gasteiger charge is 2.21. The van der Waals surface area contributed by atoms with Crippen LogP contribution in [0.4, 0.5) is 0 Å². The van der Waals surface area contributed by atoms with Crippen LogP contribution in [-0.4, -0.2) is 27.9 Å². The van der Waals surface area contributed by atoms with Gasteiger partial charge in [0, 0.05) is 11.6 Å². The second kappa shape index (κ2) is 5.40. The van der Waals surface area contributed by atoms with E-state index in [1.807, 2.05) is 22.9 Å². The van der Waals surface area contributed by atoms with E-state index in [0.717, 1.165) is 23.7 Å². The van der Waals surface area contributed by atoms with Crippen LogP contribution in [0.3, 0.4) is 0 Å². The molecular weight excluding hydrogens is 240 g/mol. The second-order valence-corrected chi connectivity index (χ2v) is 4.80. The number of aromatic nitrogens is 3. The molecule has 0 amide bonds. The Balaban J connectivity index is 1.73. The Hall–Kier alpha value is -1.88. The molecule has 1 heterocycles. The number of rotatable bonds is 6. The molecule has 5 heteroatoms. The number of ether oxygens (including phenoxy) is 1. The maximum Gasteiger partial charge on any atom is 0.141 e. The number of benzene rings is 1. The number of nitrogens with zero attached hydrogens (tertiary/aromatic N) is 3. The Morgan fingerprint density at radius 1 is 1.37 bits per heavy atom. The van der Waals surface area contributed by atoms with Crippen LogP contribution in [0.25, 0.3) is 0 Å². The second-order valence-electron chi connectivity index (χ2n) is 4.80. The summed E-state index contributed by atoms with van der Waals surface area (Å²) < 4.78 is 7.29. The van der Waals surface area contributed by atoms with Crippen LogP contribution in [-0.2, 0) is 13.1 Å². The Labute approximate surface area is 112 Å². The predicted molar refractivity (Wildman–Crippen MR) is 72.0 cm³/mol. The molecule has 0 atom stereocenters. The van der Waals surface area contributed by atoms with Crippen molar-refractivity contribution in [3.63, 3.8) is 0 Å². The lowest BCUT2D eigenvalue weighted by atomic mass is 10.2. The number of nitrogens with one attached hydrogen (secondary N) is 1. The van der Waals surface area contributed by atoms with Gasteiger partial charge in [-0.2, -0.15) is 5.10 Å². The summed E-state index contributed by atoms with van der Waals surface area (Å²) in [6.07, 6.45) is 4.17. The highest BCUT2D eigenvalue weighted by atomic mass is 16.5. The highest BCUT2D eigenvalue weighted by Crippen LogP contribution is 2.20. The monoisotopic (exact) mass is 258 g/mol. The molecule has 19 heavy (non-hydrogen) atoms. The van der Waals surface area contributed by atoms with Gasteiger partial charge in [0.15, 0.2) is 0 Å². The molecule has 1 aliphatic carbocycles. The van der Waals surface area contributed by atoms with E-state index in [0.29, 0.717) is 12.6 Å². The van der Waals surface area contributed by atoms with Gasteiger partial charge in [-0.15, -0.1) is 0 Å². The van der Waals surface area contributed by atoms with E-state index in [-0.39, 0.29) is 0 Å². The number of hydrogen-bond acceptors (Lipinski definition) is 4. The van der Waals surface area contributed by atoms with Crippen LogP contribution >= 0.6 is 0 Å². The number of hydrogen-bond donors (Lipinski definition) is 1. The maximum atomic E-state index is 5.37. The summed E-state index contributed by atoms with van der Waals surface area (Å²) in [7, 11) is 1.69. The van der Waals surface area contributed by atoms with E-state index in [1.165, 1.54) is 12.8 Å². The molecule has 2 aromatic rings. The third-order valence-corrected chi connectivity index (χ3v) is 3.33. The molecule has 0 unspecified atom stereocenters. The van der Waals surface area contributed by atoms with Crippen molar-refractivity contribution in [2.75, 3.05) is 7.11 Å². The molecule has 1 N–H and O–H groups in total. The van der Waals surface area contributed by atoms with Gasteiger partial charge in [-0.05, 0) is 18.9 Å². The van der Waals surface area contributed by atoms with Crippen LogP contribution in [0.5, 0.6) is 5.75 Å². The maximum absolute atomic E-state index is 5.37. The fraction of sp³-hybridized carbons (Fsp3) is 0.429. The molecule has 1 saturated carbocycles. The van der Waals surface area contributed by atoms with Gasteiger partial charge in [-0.25, -0.2) is 9.67 Å². The van der Waals surface area contributed by atoms with E-state index < -0.39 is 0 Å². The molecular formula is C14H18N4O. The Morgan fingerprint density at radius 2 is 2.21 bits per heavy atom. The zero-order valence-electron chi connectivity index (χ0n) is 11.0. The van der Waals surface area contributed by atoms with Crippen LogP contribution in [0.1, 0.15) is 24.2 Å². The summed E-state index contributed by atoms with van der Waals surface area (Å²) in [6, 6.07) is 8.68. The van der Waals surface area contributed by atoms with E-state index in [9.17, 15) is 0 Å². The molecule has 0 saturated heterocycles. The number of methoxy groups -OCH3 is 1. The number of para-hydroxylation sites is 1. The fourth-order valence-corrected chi connectivity index (χ4v) is 2.08. The minimum absolute atomic E-state index is 0.677. The van der Waals surface area contributed by atoms with Gasteiger partial charge in [0.2, 0.25) is 0 Å². The van der Waals surface area contributed by atoms with Crippen molar-refractivity contribution in [3.05, 3.63) is 42.0 Å². The third kappa shape index (κ3) is 2.93. The summed E-state index contributed by atoms with van der Waals surface area (Å²) in [5.41, 5.74) is 1.11. The first kappa shape index (κ1) is 12.2. The summed E-state index contributed by atoms with van der Waals surface area (Å²) >= 11 is 0. The van der Waals surface area contributed by atoms with Gasteiger partial charge in [0.1, 0.15) is 17.9 Å². The van der Waals surface area contributed by atoms with Crippen molar-refractivity contribution in [2.45, 2.75) is 32.0 Å². The van der Waals surface area contributed by atoms with Crippen LogP contribution < -0.4 is 10.1 Å². The van der Waals surface area contributed by atoms with Gasteiger partial charge in [0.05, 0.1) is 20.2 Å². The van der Waals surface area contributed by atoms with Crippen molar-refractivity contribution in [3.8, 4) is 5.75 Å². The first-order valence-corrected chi connectivity index (χ1v) is 6.59. The van der Waals surface area contributed by atoms with E-state index in [1.54, 1.807) is 13.4 Å². The lowest BCUT2D eigenvalue weighted by Crippen LogP contribution is -2.19. The molecule has 1 fully saturated rings. The fourth-order valence-electron chi connectivity index (χ4n) is 2.08. The lowest BCUT2D eigenvalue weighted by Gasteiger charge is -2.10. The zero-order chi connectivity index (χ0) is 13.1. The minimum Gasteiger partial charge on any atom is -0.496 e. The van der Waals surface area contributed by atoms with E-state index >= 15 is 0 Å². The molecule has 1 aromatic carbocycles. The van der Waals surface area contributed by atoms with Gasteiger partial charge in [-0.3, -0.25) is 0 Å². The molecule has 0 aliphatic heterocycles. The van der Waals surface area contributed by atoms with Crippen molar-refractivity contribution >= 4 is 0 Å². The standard InChI is InChI=1S/C14H18N4O/c1-19-13-5-3-2-4-11(13)9-18-14(16-10-17-18)8-15-12-6-7-12/h2-5,10,12,15H,6-9H2,1H3. The topological polar surface area (TPSA) is 52.0 Å². The van der Waals surface area contributed by atoms with Gasteiger partial charge < -0.3 is 10.1 Å². The molecule has 3 rings (SSSR count). The third-order valence-electron chi connectivity index (χ3n) is 3.33. The van der Waals surface area contributed by atoms with Crippen molar-refractivity contribution < 1.29 is 4.74 Å². The first-order chi connectivity index (χ1) is 9.36. The quantitative estimate of drug-likeness (QED) is 0.855. The molecule has 0 bridgehead atoms. The SMILES string of the molecule is COc1ccccc1Cn1ncnc1CNC1CC1. The Morgan fingerprint density at radius 3 is 3.00 bits per heavy atom. The van der Waals surface area contributed by atoms with E-state index in [4.69, 9.17) is 4.74 Å². The van der Waals surface area contributed by atoms with Crippen LogP contribution in [0.15, 0.2) is 30.6 Å². The minimum atomic E-state index is 0.677. The van der Waals surface area contributed by atoms with E-state index in [2.05, 4.69) is 21.5 Å². The molecule has 0 spiro atoms. The van der Waals surface area contributed by atoms with Gasteiger partial charge in [0.25, 0.3) is 0 Å². The summed E-state index contributed by atoms with van der Waals surface area (Å²) in [5, 5.41) is 7.75. The molecule has 0 radical (unpaired) electrons. The average molecular weight is 258 g/mol. The molecule has 1 aromatic heterocycles. The largest absolute Gasteiger partial charge is 0.496 e. The molecule has 1 aliphatic rings. The molecule has 5 nitrogen and oxygen atoms in total. The Bertz CT molecular complexity index is 548. The van der Waals surface area contributed by atoms with Gasteiger partial charge >= 0.3 is 0 Å². The van der Waals surface area contributed by atoms with Crippen LogP contribution in [0, 0.1) is 0 Å². The predicted octanol–water partition coefficient (Wildman–Crippen LogP) is 1.59. The molecule has 100 valence electrons. The average Bonchev–Trinajstić information content (AvgIpc) is 3.17. The normalized spacial score (nSPS) is 14.6. The first-order valence-electron chi connectivity index (χ1n) is 6.59. The van der Waals surface area contributed by atoms with Crippen molar-refractivity contribution in [1.29, 1.82) is 0 Å². The smallest absolute Gasteiger partial charge is 0.141 e. The highest BCUT2D eigenvalue weighted by molar-refractivity contribution is 5.33. The summed E-state index contributed by atoms with van der Waals surface area (Å²) in [4.78, 5) is 4.32. The van der Waals surface area contributed by atoms with Crippen LogP contribution in [0.2, 0.25) is 0 Å². The Kier molecular flexibility index (Phi) is 3.46. The lowest BCUT2D eigenvalue weighted by molar-refractivity contribution is 0.406. The van der Waals surface area contributed by atoms with Crippen molar-refractivity contribution in [2.24, 2.45) is 0 Å². The van der Waals surface area contributed by atoms with Gasteiger partial charge in [-0.1, -0.05) is 18.2 Å². The zero-order valence-corrected chi connectivity index (χ0v) is 11.0. The van der Waals surface area contributed by atoms with Crippen molar-refractivity contribution in [1.82, 2.24) is 20.1 Å².